The molecule has 0 aliphatic carbocycles. The van der Waals surface area contributed by atoms with Crippen LogP contribution in [-0.2, 0) is 11.3 Å². The van der Waals surface area contributed by atoms with E-state index in [1.165, 1.54) is 6.08 Å². The first kappa shape index (κ1) is 15.8. The zero-order valence-corrected chi connectivity index (χ0v) is 13.7. The maximum Gasteiger partial charge on any atom is 0.244 e. The molecule has 0 saturated carbocycles. The molecule has 0 aliphatic heterocycles. The van der Waals surface area contributed by atoms with Crippen LogP contribution in [0.3, 0.4) is 0 Å². The third kappa shape index (κ3) is 3.81. The number of fused-ring (bicyclic) bond motifs is 1. The molecule has 0 spiro atoms. The Morgan fingerprint density at radius 2 is 2.21 bits per heavy atom. The molecule has 1 N–H and O–H groups in total. The van der Waals surface area contributed by atoms with Gasteiger partial charge in [0.1, 0.15) is 11.4 Å². The van der Waals surface area contributed by atoms with Crippen molar-refractivity contribution >= 4 is 17.6 Å². The Hall–Kier alpha value is -3.08. The summed E-state index contributed by atoms with van der Waals surface area (Å²) in [5.74, 6) is 0.601. The van der Waals surface area contributed by atoms with Gasteiger partial charge in [-0.25, -0.2) is 4.98 Å². The number of pyridine rings is 1. The molecular formula is C19H19N3O2. The smallest absolute Gasteiger partial charge is 0.244 e. The molecule has 0 saturated heterocycles. The molecule has 3 rings (SSSR count). The largest absolute Gasteiger partial charge is 0.497 e. The lowest BCUT2D eigenvalue weighted by molar-refractivity contribution is -0.116. The number of imidazole rings is 1. The van der Waals surface area contributed by atoms with Crippen LogP contribution in [0, 0.1) is 6.92 Å². The second-order valence-electron chi connectivity index (χ2n) is 5.53. The van der Waals surface area contributed by atoms with Gasteiger partial charge in [0.2, 0.25) is 5.91 Å². The fraction of sp³-hybridized carbons (Fsp3) is 0.158. The average molecular weight is 321 g/mol. The lowest BCUT2D eigenvalue weighted by atomic mass is 10.2. The van der Waals surface area contributed by atoms with E-state index in [1.54, 1.807) is 13.2 Å². The minimum absolute atomic E-state index is 0.161. The second-order valence-corrected chi connectivity index (χ2v) is 5.53. The molecule has 24 heavy (non-hydrogen) atoms. The number of hydrogen-bond acceptors (Lipinski definition) is 3. The number of nitrogens with one attached hydrogen (secondary N) is 1. The highest BCUT2D eigenvalue weighted by Gasteiger charge is 2.03. The van der Waals surface area contributed by atoms with Gasteiger partial charge in [-0.15, -0.1) is 0 Å². The van der Waals surface area contributed by atoms with Crippen molar-refractivity contribution in [1.29, 1.82) is 0 Å². The van der Waals surface area contributed by atoms with Gasteiger partial charge in [0.15, 0.2) is 0 Å². The van der Waals surface area contributed by atoms with E-state index in [2.05, 4.69) is 10.3 Å². The Morgan fingerprint density at radius 3 is 3.04 bits per heavy atom. The first-order valence-electron chi connectivity index (χ1n) is 7.68. The maximum absolute atomic E-state index is 11.9. The molecule has 3 aromatic rings. The molecule has 2 heterocycles. The molecule has 0 radical (unpaired) electrons. The van der Waals surface area contributed by atoms with Crippen molar-refractivity contribution in [3.8, 4) is 5.75 Å². The summed E-state index contributed by atoms with van der Waals surface area (Å²) in [6, 6.07) is 11.6. The molecule has 1 aromatic carbocycles. The number of carbonyl (C=O) groups excluding carboxylic acids is 1. The van der Waals surface area contributed by atoms with Gasteiger partial charge in [-0.05, 0) is 48.4 Å². The van der Waals surface area contributed by atoms with Crippen molar-refractivity contribution < 1.29 is 9.53 Å². The lowest BCUT2D eigenvalue weighted by Crippen LogP contribution is -2.20. The zero-order valence-electron chi connectivity index (χ0n) is 13.7. The average Bonchev–Trinajstić information content (AvgIpc) is 3.00. The Labute approximate surface area is 140 Å². The molecule has 122 valence electrons. The number of methoxy groups -OCH3 is 1. The van der Waals surface area contributed by atoms with Crippen LogP contribution in [0.1, 0.15) is 16.8 Å². The summed E-state index contributed by atoms with van der Waals surface area (Å²) >= 11 is 0. The molecule has 0 atom stereocenters. The van der Waals surface area contributed by atoms with E-state index in [4.69, 9.17) is 4.74 Å². The molecule has 0 unspecified atom stereocenters. The highest BCUT2D eigenvalue weighted by atomic mass is 16.5. The van der Waals surface area contributed by atoms with Crippen LogP contribution in [0.25, 0.3) is 11.7 Å². The van der Waals surface area contributed by atoms with E-state index in [9.17, 15) is 4.79 Å². The topological polar surface area (TPSA) is 55.6 Å². The van der Waals surface area contributed by atoms with Crippen molar-refractivity contribution in [2.75, 3.05) is 7.11 Å². The van der Waals surface area contributed by atoms with Crippen LogP contribution in [0.5, 0.6) is 5.75 Å². The molecule has 1 amide bonds. The molecule has 5 heteroatoms. The van der Waals surface area contributed by atoms with Crippen molar-refractivity contribution in [2.45, 2.75) is 13.5 Å². The van der Waals surface area contributed by atoms with Crippen molar-refractivity contribution in [1.82, 2.24) is 14.7 Å². The van der Waals surface area contributed by atoms with Crippen molar-refractivity contribution in [3.05, 3.63) is 71.7 Å². The normalized spacial score (nSPS) is 11.1. The van der Waals surface area contributed by atoms with Gasteiger partial charge in [0.25, 0.3) is 0 Å². The van der Waals surface area contributed by atoms with Gasteiger partial charge >= 0.3 is 0 Å². The molecule has 0 fully saturated rings. The summed E-state index contributed by atoms with van der Waals surface area (Å²) < 4.78 is 7.10. The van der Waals surface area contributed by atoms with Crippen molar-refractivity contribution in [2.24, 2.45) is 0 Å². The summed E-state index contributed by atoms with van der Waals surface area (Å²) in [6.07, 6.45) is 7.14. The number of amides is 1. The highest BCUT2D eigenvalue weighted by molar-refractivity contribution is 5.91. The SMILES string of the molecule is COc1cccc(/C=C/C(=O)NCc2cn3ccc(C)cc3n2)c1. The number of nitrogens with zero attached hydrogens (tertiary/aromatic N) is 2. The summed E-state index contributed by atoms with van der Waals surface area (Å²) in [5, 5.41) is 2.84. The van der Waals surface area contributed by atoms with Crippen molar-refractivity contribution in [3.63, 3.8) is 0 Å². The number of carbonyl (C=O) groups is 1. The van der Waals surface area contributed by atoms with Gasteiger partial charge in [-0.3, -0.25) is 4.79 Å². The van der Waals surface area contributed by atoms with Crippen LogP contribution in [-0.4, -0.2) is 22.4 Å². The van der Waals surface area contributed by atoms with E-state index in [0.717, 1.165) is 28.2 Å². The third-order valence-corrected chi connectivity index (χ3v) is 3.63. The third-order valence-electron chi connectivity index (χ3n) is 3.63. The quantitative estimate of drug-likeness (QED) is 0.735. The number of rotatable bonds is 5. The van der Waals surface area contributed by atoms with Crippen LogP contribution < -0.4 is 10.1 Å². The fourth-order valence-corrected chi connectivity index (χ4v) is 2.38. The molecule has 5 nitrogen and oxygen atoms in total. The number of aryl methyl sites for hydroxylation is 1. The zero-order chi connectivity index (χ0) is 16.9. The second kappa shape index (κ2) is 7.00. The van der Waals surface area contributed by atoms with E-state index < -0.39 is 0 Å². The molecular weight excluding hydrogens is 302 g/mol. The van der Waals surface area contributed by atoms with Gasteiger partial charge in [0.05, 0.1) is 19.3 Å². The van der Waals surface area contributed by atoms with Crippen LogP contribution in [0.4, 0.5) is 0 Å². The fourth-order valence-electron chi connectivity index (χ4n) is 2.38. The minimum atomic E-state index is -0.161. The van der Waals surface area contributed by atoms with E-state index in [1.807, 2.05) is 60.1 Å². The first-order valence-corrected chi connectivity index (χ1v) is 7.68. The van der Waals surface area contributed by atoms with E-state index in [-0.39, 0.29) is 5.91 Å². The Bertz CT molecular complexity index is 897. The van der Waals surface area contributed by atoms with Crippen LogP contribution in [0.2, 0.25) is 0 Å². The minimum Gasteiger partial charge on any atom is -0.497 e. The maximum atomic E-state index is 11.9. The molecule has 0 bridgehead atoms. The monoisotopic (exact) mass is 321 g/mol. The van der Waals surface area contributed by atoms with Crippen LogP contribution in [0.15, 0.2) is 54.9 Å². The Kier molecular flexibility index (Phi) is 4.61. The number of hydrogen-bond donors (Lipinski definition) is 1. The van der Waals surface area contributed by atoms with Gasteiger partial charge in [-0.2, -0.15) is 0 Å². The van der Waals surface area contributed by atoms with Gasteiger partial charge in [-0.1, -0.05) is 12.1 Å². The Balaban J connectivity index is 1.60. The number of aromatic nitrogens is 2. The standard InChI is InChI=1S/C19H19N3O2/c1-14-8-9-22-13-16(21-18(22)10-14)12-20-19(23)7-6-15-4-3-5-17(11-15)24-2/h3-11,13H,12H2,1-2H3,(H,20,23)/b7-6+. The predicted octanol–water partition coefficient (Wildman–Crippen LogP) is 2.98. The predicted molar refractivity (Wildman–Crippen MR) is 93.8 cm³/mol. The van der Waals surface area contributed by atoms with E-state index >= 15 is 0 Å². The highest BCUT2D eigenvalue weighted by Crippen LogP contribution is 2.13. The summed E-state index contributed by atoms with van der Waals surface area (Å²) in [4.78, 5) is 16.4. The first-order chi connectivity index (χ1) is 11.6. The Morgan fingerprint density at radius 1 is 1.33 bits per heavy atom. The summed E-state index contributed by atoms with van der Waals surface area (Å²) in [5.41, 5.74) is 3.77. The van der Waals surface area contributed by atoms with Gasteiger partial charge < -0.3 is 14.5 Å². The van der Waals surface area contributed by atoms with E-state index in [0.29, 0.717) is 6.54 Å². The number of ether oxygens (including phenoxy) is 1. The molecule has 0 aliphatic rings. The number of benzene rings is 1. The molecule has 2 aromatic heterocycles. The summed E-state index contributed by atoms with van der Waals surface area (Å²) in [7, 11) is 1.62. The lowest BCUT2D eigenvalue weighted by Gasteiger charge is -2.00. The summed E-state index contributed by atoms with van der Waals surface area (Å²) in [6.45, 7) is 2.42. The van der Waals surface area contributed by atoms with Gasteiger partial charge in [0, 0.05) is 18.5 Å². The van der Waals surface area contributed by atoms with Crippen LogP contribution >= 0.6 is 0 Å².